The van der Waals surface area contributed by atoms with E-state index in [2.05, 4.69) is 0 Å². The van der Waals surface area contributed by atoms with Crippen LogP contribution in [0.25, 0.3) is 5.57 Å². The van der Waals surface area contributed by atoms with Crippen molar-refractivity contribution >= 4 is 5.57 Å². The van der Waals surface area contributed by atoms with Gasteiger partial charge in [0.05, 0.1) is 14.1 Å². The zero-order chi connectivity index (χ0) is 15.6. The van der Waals surface area contributed by atoms with E-state index in [1.54, 1.807) is 0 Å². The first-order chi connectivity index (χ1) is 9.77. The van der Waals surface area contributed by atoms with Crippen LogP contribution in [0.2, 0.25) is 0 Å². The maximum Gasteiger partial charge on any atom is 0.208 e. The highest BCUT2D eigenvalue weighted by atomic mass is 15.0. The van der Waals surface area contributed by atoms with E-state index in [1.807, 2.05) is 0 Å². The first-order valence-corrected chi connectivity index (χ1v) is 4.08. The Balaban J connectivity index is 2.37. The van der Waals surface area contributed by atoms with Crippen molar-refractivity contribution in [2.75, 3.05) is 0 Å². The molecule has 2 unspecified atom stereocenters. The molecule has 0 radical (unpaired) electrons. The molecule has 2 atom stereocenters. The fraction of sp³-hybridized carbons (Fsp3) is 0.250. The number of pyridine rings is 1. The molecular weight excluding hydrogens is 158 g/mol. The van der Waals surface area contributed by atoms with Crippen LogP contribution in [0.15, 0.2) is 42.5 Å². The number of rotatable bonds is 0. The minimum absolute atomic E-state index is 0.133. The van der Waals surface area contributed by atoms with Crippen molar-refractivity contribution < 1.29 is 15.5 Å². The summed E-state index contributed by atoms with van der Waals surface area (Å²) in [6.45, 7) is 0.133. The molecule has 1 aromatic rings. The smallest absolute Gasteiger partial charge is 0.198 e. The lowest BCUT2D eigenvalue weighted by Crippen LogP contribution is -2.33. The van der Waals surface area contributed by atoms with Gasteiger partial charge in [-0.15, -0.1) is 0 Å². The van der Waals surface area contributed by atoms with Crippen molar-refractivity contribution in [1.82, 2.24) is 0 Å². The largest absolute Gasteiger partial charge is 0.208 e. The first-order valence-electron chi connectivity index (χ1n) is 8.16. The molecule has 0 amide bonds. The monoisotopic (exact) mass is 178 g/mol. The van der Waals surface area contributed by atoms with E-state index < -0.39 is 12.3 Å². The maximum atomic E-state index is 8.04. The lowest BCUT2D eigenvalue weighted by atomic mass is 9.92. The van der Waals surface area contributed by atoms with Gasteiger partial charge in [0, 0.05) is 19.0 Å². The molecule has 1 aromatic heterocycles. The molecule has 3 rings (SSSR count). The fourth-order valence-corrected chi connectivity index (χ4v) is 1.66. The summed E-state index contributed by atoms with van der Waals surface area (Å²) in [4.78, 5) is 0. The number of hydrogen-bond donors (Lipinski definition) is 0. The van der Waals surface area contributed by atoms with Crippen molar-refractivity contribution in [1.29, 1.82) is 0 Å². The standard InChI is InChI=1S/C12H12N/c1-2-6-11-10(5-1)9-13-8-4-3-7-12(11)13/h1-4,6-8,10H,5,9H2/q+1/i1D,2D,3D,4D,5D,6D,7D,8D. The number of fused-ring (bicyclic) bond motifs is 3. The molecule has 0 aromatic carbocycles. The summed E-state index contributed by atoms with van der Waals surface area (Å²) in [6.07, 6.45) is -1.25. The quantitative estimate of drug-likeness (QED) is 0.535. The second-order valence-corrected chi connectivity index (χ2v) is 3.03. The Kier molecular flexibility index (Phi) is 0.553. The summed E-state index contributed by atoms with van der Waals surface area (Å²) in [5.74, 6) is -0.575. The Bertz CT molecular complexity index is 736. The predicted molar refractivity (Wildman–Crippen MR) is 51.9 cm³/mol. The van der Waals surface area contributed by atoms with E-state index in [4.69, 9.17) is 11.0 Å². The molecule has 0 N–H and O–H groups in total. The zero-order valence-electron chi connectivity index (χ0n) is 14.8. The number of allylic oxidation sites excluding steroid dienone is 4. The third kappa shape index (κ3) is 0.966. The third-order valence-corrected chi connectivity index (χ3v) is 2.26. The fourth-order valence-electron chi connectivity index (χ4n) is 1.66. The van der Waals surface area contributed by atoms with Crippen molar-refractivity contribution in [3.63, 3.8) is 0 Å². The van der Waals surface area contributed by atoms with Gasteiger partial charge in [-0.25, -0.2) is 0 Å². The Hall–Kier alpha value is -1.37. The van der Waals surface area contributed by atoms with Gasteiger partial charge in [-0.2, -0.15) is 4.57 Å². The summed E-state index contributed by atoms with van der Waals surface area (Å²) >= 11 is 0. The van der Waals surface area contributed by atoms with Crippen LogP contribution in [-0.2, 0) is 6.54 Å². The van der Waals surface area contributed by atoms with Gasteiger partial charge in [0.15, 0.2) is 12.7 Å². The van der Waals surface area contributed by atoms with Gasteiger partial charge in [0.1, 0.15) is 1.37 Å². The topological polar surface area (TPSA) is 3.88 Å². The van der Waals surface area contributed by atoms with Crippen LogP contribution in [0.1, 0.15) is 23.1 Å². The molecule has 2 heterocycles. The van der Waals surface area contributed by atoms with Crippen molar-refractivity contribution in [2.24, 2.45) is 5.92 Å². The Morgan fingerprint density at radius 1 is 1.54 bits per heavy atom. The van der Waals surface area contributed by atoms with Crippen LogP contribution >= 0.6 is 0 Å². The molecule has 1 heteroatoms. The molecular formula is C12H12N+. The Morgan fingerprint density at radius 2 is 2.54 bits per heavy atom. The van der Waals surface area contributed by atoms with Crippen LogP contribution in [0.3, 0.4) is 0 Å². The maximum absolute atomic E-state index is 8.04. The van der Waals surface area contributed by atoms with Crippen LogP contribution < -0.4 is 4.57 Å². The van der Waals surface area contributed by atoms with Gasteiger partial charge in [0.2, 0.25) is 5.69 Å². The molecule has 0 saturated carbocycles. The highest BCUT2D eigenvalue weighted by Gasteiger charge is 2.33. The van der Waals surface area contributed by atoms with Crippen LogP contribution in [0.5, 0.6) is 0 Å². The van der Waals surface area contributed by atoms with Crippen LogP contribution in [-0.4, -0.2) is 0 Å². The molecule has 0 spiro atoms. The number of nitrogens with zero attached hydrogens (tertiary/aromatic N) is 1. The van der Waals surface area contributed by atoms with E-state index in [1.165, 1.54) is 4.57 Å². The summed E-state index contributed by atoms with van der Waals surface area (Å²) in [5, 5.41) is 0. The molecule has 1 nitrogen and oxygen atoms in total. The molecule has 1 aliphatic carbocycles. The van der Waals surface area contributed by atoms with Crippen LogP contribution in [0, 0.1) is 5.92 Å². The average molecular weight is 178 g/mol. The van der Waals surface area contributed by atoms with Gasteiger partial charge >= 0.3 is 0 Å². The minimum atomic E-state index is -1.02. The van der Waals surface area contributed by atoms with Crippen LogP contribution in [0.4, 0.5) is 0 Å². The van der Waals surface area contributed by atoms with Crippen molar-refractivity contribution in [3.05, 3.63) is 48.2 Å². The molecule has 13 heavy (non-hydrogen) atoms. The van der Waals surface area contributed by atoms with Gasteiger partial charge in [-0.3, -0.25) is 0 Å². The molecule has 1 aliphatic heterocycles. The highest BCUT2D eigenvalue weighted by Crippen LogP contribution is 2.32. The average Bonchev–Trinajstić information content (AvgIpc) is 2.87. The van der Waals surface area contributed by atoms with Gasteiger partial charge < -0.3 is 0 Å². The first kappa shape index (κ1) is 2.81. The van der Waals surface area contributed by atoms with Crippen molar-refractivity contribution in [2.45, 2.75) is 12.9 Å². The summed E-state index contributed by atoms with van der Waals surface area (Å²) in [5.41, 5.74) is 0.452. The normalized spacial score (nSPS) is 40.3. The Morgan fingerprint density at radius 3 is 3.54 bits per heavy atom. The summed E-state index contributed by atoms with van der Waals surface area (Å²) in [7, 11) is 0. The minimum Gasteiger partial charge on any atom is -0.198 e. The van der Waals surface area contributed by atoms with E-state index in [0.717, 1.165) is 0 Å². The van der Waals surface area contributed by atoms with Gasteiger partial charge in [0.25, 0.3) is 0 Å². The van der Waals surface area contributed by atoms with E-state index in [9.17, 15) is 0 Å². The van der Waals surface area contributed by atoms with E-state index >= 15 is 0 Å². The molecule has 0 fully saturated rings. The number of hydrogen-bond acceptors (Lipinski definition) is 0. The number of aromatic nitrogens is 1. The predicted octanol–water partition coefficient (Wildman–Crippen LogP) is 1.95. The zero-order valence-corrected chi connectivity index (χ0v) is 6.81. The summed E-state index contributed by atoms with van der Waals surface area (Å²) in [6, 6.07) is -1.81. The lowest BCUT2D eigenvalue weighted by Gasteiger charge is -2.06. The highest BCUT2D eigenvalue weighted by molar-refractivity contribution is 5.66. The van der Waals surface area contributed by atoms with Crippen molar-refractivity contribution in [3.8, 4) is 0 Å². The SMILES string of the molecule is [2H]C1=C([2H])C([2H])C2C[n+]3c([2H])c([2H])c([2H])c([2H])c3C2=C1[2H]. The van der Waals surface area contributed by atoms with E-state index in [0.29, 0.717) is 0 Å². The summed E-state index contributed by atoms with van der Waals surface area (Å²) < 4.78 is 64.2. The van der Waals surface area contributed by atoms with Gasteiger partial charge in [-0.1, -0.05) is 18.2 Å². The Labute approximate surface area is 89.3 Å². The molecule has 0 saturated heterocycles. The molecule has 0 bridgehead atoms. The lowest BCUT2D eigenvalue weighted by molar-refractivity contribution is -0.693. The molecule has 64 valence electrons. The third-order valence-electron chi connectivity index (χ3n) is 2.26. The molecule has 2 aliphatic rings. The second kappa shape index (κ2) is 2.56. The van der Waals surface area contributed by atoms with Gasteiger partial charge in [-0.05, 0) is 12.4 Å². The second-order valence-electron chi connectivity index (χ2n) is 3.03. The van der Waals surface area contributed by atoms with E-state index in [-0.39, 0.29) is 60.3 Å².